The Morgan fingerprint density at radius 2 is 2.04 bits per heavy atom. The molecule has 2 aliphatic heterocycles. The Hall–Kier alpha value is -2.96. The van der Waals surface area contributed by atoms with Crippen molar-refractivity contribution in [2.45, 2.75) is 19.9 Å². The molecule has 3 amide bonds. The maximum Gasteiger partial charge on any atom is 0.322 e. The van der Waals surface area contributed by atoms with Crippen LogP contribution >= 0.6 is 0 Å². The summed E-state index contributed by atoms with van der Waals surface area (Å²) in [6.45, 7) is 9.26. The van der Waals surface area contributed by atoms with E-state index in [1.807, 2.05) is 0 Å². The van der Waals surface area contributed by atoms with Gasteiger partial charge in [-0.1, -0.05) is 19.9 Å². The van der Waals surface area contributed by atoms with Crippen LogP contribution in [0.4, 0.5) is 4.79 Å². The number of hydrogen-bond donors (Lipinski definition) is 1. The highest BCUT2D eigenvalue weighted by Crippen LogP contribution is 2.40. The molecule has 1 aromatic rings. The first kappa shape index (κ1) is 19.8. The van der Waals surface area contributed by atoms with Gasteiger partial charge in [0.2, 0.25) is 0 Å². The van der Waals surface area contributed by atoms with Crippen LogP contribution in [-0.4, -0.2) is 55.6 Å². The summed E-state index contributed by atoms with van der Waals surface area (Å²) < 4.78 is 10.8. The van der Waals surface area contributed by atoms with Crippen LogP contribution in [-0.2, 0) is 4.79 Å². The van der Waals surface area contributed by atoms with Crippen molar-refractivity contribution in [2.75, 3.05) is 33.9 Å². The van der Waals surface area contributed by atoms with E-state index in [0.29, 0.717) is 48.2 Å². The van der Waals surface area contributed by atoms with E-state index in [9.17, 15) is 9.59 Å². The van der Waals surface area contributed by atoms with E-state index in [0.717, 1.165) is 5.70 Å². The number of carbonyl (C=O) groups excluding carboxylic acids is 2. The van der Waals surface area contributed by atoms with Gasteiger partial charge in [0, 0.05) is 18.7 Å². The van der Waals surface area contributed by atoms with E-state index in [-0.39, 0.29) is 11.9 Å². The van der Waals surface area contributed by atoms with Crippen LogP contribution < -0.4 is 14.8 Å². The summed E-state index contributed by atoms with van der Waals surface area (Å²) >= 11 is 0. The third-order valence-corrected chi connectivity index (χ3v) is 4.94. The summed E-state index contributed by atoms with van der Waals surface area (Å²) in [5.74, 6) is 1.48. The minimum Gasteiger partial charge on any atom is -0.497 e. The Morgan fingerprint density at radius 1 is 1.29 bits per heavy atom. The highest BCUT2D eigenvalue weighted by atomic mass is 16.5. The second-order valence-electron chi connectivity index (χ2n) is 7.33. The number of nitrogens with zero attached hydrogens (tertiary/aromatic N) is 2. The molecular weight excluding hydrogens is 358 g/mol. The largest absolute Gasteiger partial charge is 0.497 e. The zero-order valence-electron chi connectivity index (χ0n) is 16.8. The Balaban J connectivity index is 2.11. The predicted molar refractivity (Wildman–Crippen MR) is 106 cm³/mol. The summed E-state index contributed by atoms with van der Waals surface area (Å²) in [6, 6.07) is 4.51. The van der Waals surface area contributed by atoms with Gasteiger partial charge < -0.3 is 19.7 Å². The van der Waals surface area contributed by atoms with Gasteiger partial charge in [-0.2, -0.15) is 0 Å². The van der Waals surface area contributed by atoms with Gasteiger partial charge in [0.05, 0.1) is 38.1 Å². The fourth-order valence-electron chi connectivity index (χ4n) is 3.76. The highest BCUT2D eigenvalue weighted by Gasteiger charge is 2.44. The summed E-state index contributed by atoms with van der Waals surface area (Å²) in [7, 11) is 3.14. The number of methoxy groups -OCH3 is 2. The molecule has 0 spiro atoms. The van der Waals surface area contributed by atoms with Gasteiger partial charge in [-0.25, -0.2) is 4.79 Å². The lowest BCUT2D eigenvalue weighted by Crippen LogP contribution is -2.47. The molecule has 7 heteroatoms. The summed E-state index contributed by atoms with van der Waals surface area (Å²) in [4.78, 5) is 29.5. The molecule has 0 saturated heterocycles. The van der Waals surface area contributed by atoms with Crippen molar-refractivity contribution in [3.8, 4) is 11.5 Å². The van der Waals surface area contributed by atoms with Gasteiger partial charge >= 0.3 is 6.03 Å². The molecule has 1 aromatic carbocycles. The molecule has 2 aliphatic rings. The number of ether oxygens (including phenoxy) is 2. The van der Waals surface area contributed by atoms with Crippen LogP contribution in [0, 0.1) is 5.92 Å². The van der Waals surface area contributed by atoms with Crippen molar-refractivity contribution in [3.05, 3.63) is 47.7 Å². The van der Waals surface area contributed by atoms with Crippen LogP contribution in [0.25, 0.3) is 0 Å². The van der Waals surface area contributed by atoms with Crippen LogP contribution in [0.5, 0.6) is 11.5 Å². The number of urea groups is 1. The smallest absolute Gasteiger partial charge is 0.322 e. The van der Waals surface area contributed by atoms with Gasteiger partial charge in [-0.3, -0.25) is 9.69 Å². The van der Waals surface area contributed by atoms with Crippen LogP contribution in [0.2, 0.25) is 0 Å². The normalized spacial score (nSPS) is 19.1. The molecule has 2 heterocycles. The molecule has 0 fully saturated rings. The minimum atomic E-state index is -0.599. The predicted octanol–water partition coefficient (Wildman–Crippen LogP) is 2.71. The molecule has 28 heavy (non-hydrogen) atoms. The minimum absolute atomic E-state index is 0.0624. The summed E-state index contributed by atoms with van der Waals surface area (Å²) in [5, 5.41) is 2.97. The zero-order valence-corrected chi connectivity index (χ0v) is 16.8. The molecule has 1 unspecified atom stereocenters. The Kier molecular flexibility index (Phi) is 5.63. The first-order valence-electron chi connectivity index (χ1n) is 9.34. The van der Waals surface area contributed by atoms with E-state index < -0.39 is 6.04 Å². The van der Waals surface area contributed by atoms with Gasteiger partial charge in [-0.05, 0) is 24.1 Å². The van der Waals surface area contributed by atoms with E-state index in [2.05, 4.69) is 25.7 Å². The second-order valence-corrected chi connectivity index (χ2v) is 7.33. The molecule has 7 nitrogen and oxygen atoms in total. The third-order valence-electron chi connectivity index (χ3n) is 4.94. The van der Waals surface area contributed by atoms with Gasteiger partial charge in [0.1, 0.15) is 11.5 Å². The lowest BCUT2D eigenvalue weighted by molar-refractivity contribution is -0.126. The molecular formula is C21H27N3O4. The molecule has 150 valence electrons. The number of carbonyl (C=O) groups is 2. The average molecular weight is 385 g/mol. The number of benzene rings is 1. The Bertz CT molecular complexity index is 831. The summed E-state index contributed by atoms with van der Waals surface area (Å²) in [6.07, 6.45) is 1.66. The quantitative estimate of drug-likeness (QED) is 0.733. The van der Waals surface area contributed by atoms with Crippen molar-refractivity contribution < 1.29 is 19.1 Å². The van der Waals surface area contributed by atoms with Crippen LogP contribution in [0.3, 0.4) is 0 Å². The van der Waals surface area contributed by atoms with Crippen LogP contribution in [0.15, 0.2) is 42.1 Å². The molecule has 0 saturated carbocycles. The third kappa shape index (κ3) is 3.44. The van der Waals surface area contributed by atoms with Crippen molar-refractivity contribution in [1.29, 1.82) is 0 Å². The number of hydrogen-bond acceptors (Lipinski definition) is 4. The average Bonchev–Trinajstić information content (AvgIpc) is 2.99. The molecule has 3 rings (SSSR count). The number of amides is 3. The molecule has 0 aliphatic carbocycles. The molecule has 1 N–H and O–H groups in total. The lowest BCUT2D eigenvalue weighted by atomic mass is 9.94. The van der Waals surface area contributed by atoms with E-state index in [4.69, 9.17) is 9.47 Å². The fourth-order valence-corrected chi connectivity index (χ4v) is 3.76. The number of rotatable bonds is 7. The van der Waals surface area contributed by atoms with Gasteiger partial charge in [-0.15, -0.1) is 6.58 Å². The monoisotopic (exact) mass is 385 g/mol. The van der Waals surface area contributed by atoms with E-state index >= 15 is 0 Å². The first-order valence-corrected chi connectivity index (χ1v) is 9.34. The Labute approximate surface area is 165 Å². The number of nitrogens with one attached hydrogen (secondary N) is 1. The van der Waals surface area contributed by atoms with Crippen molar-refractivity contribution >= 4 is 11.9 Å². The molecule has 0 radical (unpaired) electrons. The molecule has 1 atom stereocenters. The van der Waals surface area contributed by atoms with Gasteiger partial charge in [0.25, 0.3) is 5.91 Å². The van der Waals surface area contributed by atoms with Crippen LogP contribution in [0.1, 0.15) is 25.5 Å². The fraction of sp³-hybridized carbons (Fsp3) is 0.429. The topological polar surface area (TPSA) is 71.1 Å². The standard InChI is InChI=1S/C21H27N3O4/c1-6-9-24-16-12-23(11-13(2)3)20(25)18(16)19(22-21(24)26)15-10-14(27-4)7-8-17(15)28-5/h6-8,10,13,19H,1,9,11-12H2,2-5H3,(H,22,26). The highest BCUT2D eigenvalue weighted by molar-refractivity contribution is 6.01. The van der Waals surface area contributed by atoms with Crippen molar-refractivity contribution in [1.82, 2.24) is 15.1 Å². The maximum absolute atomic E-state index is 13.3. The second kappa shape index (κ2) is 7.96. The van der Waals surface area contributed by atoms with E-state index in [1.54, 1.807) is 48.3 Å². The molecule has 0 bridgehead atoms. The molecule has 0 aromatic heterocycles. The van der Waals surface area contributed by atoms with E-state index in [1.165, 1.54) is 0 Å². The lowest BCUT2D eigenvalue weighted by Gasteiger charge is -2.33. The SMILES string of the molecule is C=CCN1C(=O)NC(c2cc(OC)ccc2OC)C2=C1CN(CC(C)C)C2=O. The zero-order chi connectivity index (χ0) is 20.4. The maximum atomic E-state index is 13.3. The van der Waals surface area contributed by atoms with Gasteiger partial charge in [0.15, 0.2) is 0 Å². The summed E-state index contributed by atoms with van der Waals surface area (Å²) in [5.41, 5.74) is 2.00. The Morgan fingerprint density at radius 3 is 2.64 bits per heavy atom. The first-order chi connectivity index (χ1) is 13.4. The van der Waals surface area contributed by atoms with Crippen molar-refractivity contribution in [2.24, 2.45) is 5.92 Å². The van der Waals surface area contributed by atoms with Crippen molar-refractivity contribution in [3.63, 3.8) is 0 Å².